The molecule has 4 aromatic rings. The van der Waals surface area contributed by atoms with Gasteiger partial charge >= 0.3 is 0 Å². The van der Waals surface area contributed by atoms with Gasteiger partial charge in [-0.05, 0) is 49.2 Å². The van der Waals surface area contributed by atoms with Gasteiger partial charge in [0.05, 0.1) is 23.3 Å². The van der Waals surface area contributed by atoms with Crippen LogP contribution in [0.3, 0.4) is 0 Å². The van der Waals surface area contributed by atoms with Crippen molar-refractivity contribution in [2.75, 3.05) is 5.73 Å². The molecule has 0 saturated heterocycles. The van der Waals surface area contributed by atoms with E-state index in [1.54, 1.807) is 6.21 Å². The average molecular weight is 432 g/mol. The topological polar surface area (TPSA) is 107 Å². The summed E-state index contributed by atoms with van der Waals surface area (Å²) in [7, 11) is 0. The van der Waals surface area contributed by atoms with Crippen LogP contribution in [0.5, 0.6) is 0 Å². The number of nitrogens with zero attached hydrogens (tertiary/aromatic N) is 5. The standard InChI is InChI=1S/C23H22ClN7/c1-14-4-3-5-18(10-14)27-11-20(30-26)15(2)31-12-19(16-6-8-17(24)9-7-16)21-22(25)28-13-29-23(21)31/h3-13,15H,26H2,1-2H3,(H2,25,28,29). The first-order valence-corrected chi connectivity index (χ1v) is 10.1. The molecule has 0 saturated carbocycles. The number of hydrogen-bond donors (Lipinski definition) is 2. The molecule has 1 atom stereocenters. The summed E-state index contributed by atoms with van der Waals surface area (Å²) in [6, 6.07) is 15.2. The molecule has 2 aromatic carbocycles. The number of hydrogen-bond acceptors (Lipinski definition) is 6. The van der Waals surface area contributed by atoms with Crippen LogP contribution in [0.15, 0.2) is 71.1 Å². The lowest BCUT2D eigenvalue weighted by Gasteiger charge is -2.14. The van der Waals surface area contributed by atoms with Crippen LogP contribution in [0.1, 0.15) is 18.5 Å². The fraction of sp³-hybridized carbons (Fsp3) is 0.130. The van der Waals surface area contributed by atoms with Gasteiger partial charge in [-0.2, -0.15) is 5.10 Å². The van der Waals surface area contributed by atoms with Crippen molar-refractivity contribution in [3.8, 4) is 11.1 Å². The van der Waals surface area contributed by atoms with Gasteiger partial charge in [-0.3, -0.25) is 4.99 Å². The molecule has 4 rings (SSSR count). The molecule has 0 aliphatic heterocycles. The SMILES string of the molecule is Cc1cccc(N=CC(=NN)C(C)n2cc(-c3ccc(Cl)cc3)c3c(N)ncnc32)c1. The van der Waals surface area contributed by atoms with E-state index in [1.165, 1.54) is 6.33 Å². The lowest BCUT2D eigenvalue weighted by molar-refractivity contribution is 0.720. The van der Waals surface area contributed by atoms with E-state index in [0.29, 0.717) is 22.2 Å². The molecule has 156 valence electrons. The molecule has 0 fully saturated rings. The van der Waals surface area contributed by atoms with Crippen molar-refractivity contribution in [2.24, 2.45) is 15.9 Å². The minimum atomic E-state index is -0.239. The molecule has 0 amide bonds. The van der Waals surface area contributed by atoms with Gasteiger partial charge in [-0.25, -0.2) is 9.97 Å². The highest BCUT2D eigenvalue weighted by Gasteiger charge is 2.20. The second-order valence-electron chi connectivity index (χ2n) is 7.24. The normalized spacial score (nSPS) is 13.2. The Morgan fingerprint density at radius 1 is 1.16 bits per heavy atom. The number of nitrogen functional groups attached to an aromatic ring is 1. The van der Waals surface area contributed by atoms with Crippen LogP contribution in [0, 0.1) is 6.92 Å². The predicted molar refractivity (Wildman–Crippen MR) is 128 cm³/mol. The fourth-order valence-electron chi connectivity index (χ4n) is 3.49. The van der Waals surface area contributed by atoms with Crippen molar-refractivity contribution >= 4 is 46.1 Å². The van der Waals surface area contributed by atoms with Gasteiger partial charge in [0.2, 0.25) is 0 Å². The number of halogens is 1. The number of aliphatic imine (C=N–C) groups is 1. The van der Waals surface area contributed by atoms with E-state index < -0.39 is 0 Å². The number of hydrazone groups is 1. The van der Waals surface area contributed by atoms with E-state index in [9.17, 15) is 0 Å². The third-order valence-electron chi connectivity index (χ3n) is 5.14. The second kappa shape index (κ2) is 8.57. The van der Waals surface area contributed by atoms with Crippen LogP contribution in [0.2, 0.25) is 5.02 Å². The fourth-order valence-corrected chi connectivity index (χ4v) is 3.62. The quantitative estimate of drug-likeness (QED) is 0.265. The number of fused-ring (bicyclic) bond motifs is 1. The molecule has 4 N–H and O–H groups in total. The largest absolute Gasteiger partial charge is 0.383 e. The molecule has 0 spiro atoms. The smallest absolute Gasteiger partial charge is 0.146 e. The van der Waals surface area contributed by atoms with Gasteiger partial charge in [0.25, 0.3) is 0 Å². The van der Waals surface area contributed by atoms with Crippen molar-refractivity contribution in [2.45, 2.75) is 19.9 Å². The minimum absolute atomic E-state index is 0.239. The molecule has 2 heterocycles. The molecule has 0 aliphatic carbocycles. The van der Waals surface area contributed by atoms with Crippen molar-refractivity contribution in [3.63, 3.8) is 0 Å². The predicted octanol–water partition coefficient (Wildman–Crippen LogP) is 4.92. The summed E-state index contributed by atoms with van der Waals surface area (Å²) < 4.78 is 1.98. The summed E-state index contributed by atoms with van der Waals surface area (Å²) in [5.41, 5.74) is 11.3. The highest BCUT2D eigenvalue weighted by Crippen LogP contribution is 2.34. The van der Waals surface area contributed by atoms with Gasteiger partial charge in [-0.1, -0.05) is 35.9 Å². The molecular formula is C23H22ClN7. The van der Waals surface area contributed by atoms with Crippen LogP contribution < -0.4 is 11.6 Å². The number of aryl methyl sites for hydroxylation is 1. The number of benzene rings is 2. The monoisotopic (exact) mass is 431 g/mol. The zero-order valence-electron chi connectivity index (χ0n) is 17.2. The van der Waals surface area contributed by atoms with Gasteiger partial charge in [-0.15, -0.1) is 0 Å². The van der Waals surface area contributed by atoms with Crippen LogP contribution in [0.25, 0.3) is 22.2 Å². The molecule has 0 radical (unpaired) electrons. The van der Waals surface area contributed by atoms with E-state index in [2.05, 4.69) is 20.1 Å². The summed E-state index contributed by atoms with van der Waals surface area (Å²) in [6.07, 6.45) is 5.11. The Morgan fingerprint density at radius 3 is 2.65 bits per heavy atom. The first-order chi connectivity index (χ1) is 15.0. The zero-order valence-corrected chi connectivity index (χ0v) is 18.0. The Hall–Kier alpha value is -3.71. The summed E-state index contributed by atoms with van der Waals surface area (Å²) in [6.45, 7) is 4.01. The van der Waals surface area contributed by atoms with Gasteiger partial charge in [0.1, 0.15) is 23.5 Å². The van der Waals surface area contributed by atoms with Crippen molar-refractivity contribution < 1.29 is 0 Å². The minimum Gasteiger partial charge on any atom is -0.383 e. The van der Waals surface area contributed by atoms with Crippen molar-refractivity contribution in [1.29, 1.82) is 0 Å². The maximum Gasteiger partial charge on any atom is 0.146 e. The highest BCUT2D eigenvalue weighted by molar-refractivity contribution is 6.32. The maximum absolute atomic E-state index is 6.22. The molecule has 8 heteroatoms. The van der Waals surface area contributed by atoms with Gasteiger partial charge < -0.3 is 16.1 Å². The van der Waals surface area contributed by atoms with E-state index in [-0.39, 0.29) is 6.04 Å². The van der Waals surface area contributed by atoms with Crippen LogP contribution in [0.4, 0.5) is 11.5 Å². The third-order valence-corrected chi connectivity index (χ3v) is 5.39. The Balaban J connectivity index is 1.78. The third kappa shape index (κ3) is 4.13. The molecular weight excluding hydrogens is 410 g/mol. The molecule has 31 heavy (non-hydrogen) atoms. The number of nitrogens with two attached hydrogens (primary N) is 2. The lowest BCUT2D eigenvalue weighted by Crippen LogP contribution is -2.19. The van der Waals surface area contributed by atoms with Gasteiger partial charge in [0, 0.05) is 16.8 Å². The Labute approximate surface area is 185 Å². The van der Waals surface area contributed by atoms with Gasteiger partial charge in [0.15, 0.2) is 0 Å². The number of anilines is 1. The summed E-state index contributed by atoms with van der Waals surface area (Å²) >= 11 is 6.06. The first kappa shape index (κ1) is 20.6. The van der Waals surface area contributed by atoms with Crippen LogP contribution in [-0.4, -0.2) is 26.5 Å². The van der Waals surface area contributed by atoms with Crippen LogP contribution >= 0.6 is 11.6 Å². The maximum atomic E-state index is 6.22. The summed E-state index contributed by atoms with van der Waals surface area (Å²) in [4.78, 5) is 13.2. The summed E-state index contributed by atoms with van der Waals surface area (Å²) in [5, 5.41) is 5.41. The molecule has 2 aromatic heterocycles. The van der Waals surface area contributed by atoms with E-state index in [1.807, 2.05) is 73.1 Å². The Morgan fingerprint density at radius 2 is 1.94 bits per heavy atom. The van der Waals surface area contributed by atoms with Crippen LogP contribution in [-0.2, 0) is 0 Å². The second-order valence-corrected chi connectivity index (χ2v) is 7.68. The van der Waals surface area contributed by atoms with E-state index in [0.717, 1.165) is 27.8 Å². The van der Waals surface area contributed by atoms with Crippen molar-refractivity contribution in [1.82, 2.24) is 14.5 Å². The van der Waals surface area contributed by atoms with Crippen molar-refractivity contribution in [3.05, 3.63) is 71.6 Å². The average Bonchev–Trinajstić information content (AvgIpc) is 3.15. The lowest BCUT2D eigenvalue weighted by atomic mass is 10.1. The number of rotatable bonds is 5. The molecule has 0 aliphatic rings. The highest BCUT2D eigenvalue weighted by atomic mass is 35.5. The summed E-state index contributed by atoms with van der Waals surface area (Å²) in [5.74, 6) is 6.13. The molecule has 7 nitrogen and oxygen atoms in total. The zero-order chi connectivity index (χ0) is 22.0. The Kier molecular flexibility index (Phi) is 5.68. The molecule has 0 bridgehead atoms. The van der Waals surface area contributed by atoms with E-state index >= 15 is 0 Å². The molecule has 1 unspecified atom stereocenters. The first-order valence-electron chi connectivity index (χ1n) is 9.73. The number of aromatic nitrogens is 3. The van der Waals surface area contributed by atoms with E-state index in [4.69, 9.17) is 23.2 Å². The Bertz CT molecular complexity index is 1290.